The van der Waals surface area contributed by atoms with Crippen molar-refractivity contribution < 1.29 is 0 Å². The second-order valence-corrected chi connectivity index (χ2v) is 3.01. The van der Waals surface area contributed by atoms with Crippen LogP contribution >= 0.6 is 11.6 Å². The van der Waals surface area contributed by atoms with Crippen LogP contribution in [-0.2, 0) is 0 Å². The molecule has 2 heterocycles. The molecule has 0 unspecified atom stereocenters. The number of allylic oxidation sites excluding steroid dienone is 1. The molecule has 0 aromatic carbocycles. The Morgan fingerprint density at radius 3 is 3.31 bits per heavy atom. The van der Waals surface area contributed by atoms with Gasteiger partial charge in [-0.2, -0.15) is 0 Å². The molecule has 0 bridgehead atoms. The highest BCUT2D eigenvalue weighted by Crippen LogP contribution is 2.16. The Bertz CT molecular complexity index is 431. The van der Waals surface area contributed by atoms with Gasteiger partial charge in [-0.3, -0.25) is 0 Å². The Morgan fingerprint density at radius 1 is 1.54 bits per heavy atom. The maximum atomic E-state index is 5.56. The molecule has 1 N–H and O–H groups in total. The lowest BCUT2D eigenvalue weighted by Gasteiger charge is -1.88. The van der Waals surface area contributed by atoms with E-state index in [1.54, 1.807) is 6.20 Å². The van der Waals surface area contributed by atoms with Crippen LogP contribution in [0.5, 0.6) is 0 Å². The number of H-pyrrole nitrogens is 1. The lowest BCUT2D eigenvalue weighted by atomic mass is 10.2. The molecule has 0 fully saturated rings. The minimum atomic E-state index is 0.535. The van der Waals surface area contributed by atoms with E-state index in [1.807, 2.05) is 30.5 Å². The summed E-state index contributed by atoms with van der Waals surface area (Å²) in [5.74, 6) is 0.535. The molecule has 0 radical (unpaired) electrons. The number of alkyl halides is 1. The van der Waals surface area contributed by atoms with Crippen molar-refractivity contribution in [1.82, 2.24) is 9.97 Å². The van der Waals surface area contributed by atoms with Crippen molar-refractivity contribution in [2.45, 2.75) is 0 Å². The van der Waals surface area contributed by atoms with E-state index in [0.717, 1.165) is 16.6 Å². The third-order valence-corrected chi connectivity index (χ3v) is 2.05. The van der Waals surface area contributed by atoms with E-state index in [4.69, 9.17) is 11.6 Å². The van der Waals surface area contributed by atoms with Crippen LogP contribution in [0, 0.1) is 0 Å². The lowest BCUT2D eigenvalue weighted by Crippen LogP contribution is -1.73. The maximum Gasteiger partial charge on any atom is 0.137 e. The molecule has 0 aliphatic rings. The summed E-state index contributed by atoms with van der Waals surface area (Å²) in [5.41, 5.74) is 2.04. The van der Waals surface area contributed by atoms with Crippen molar-refractivity contribution in [1.29, 1.82) is 0 Å². The molecular formula is C10H9ClN2. The highest BCUT2D eigenvalue weighted by atomic mass is 35.5. The first kappa shape index (κ1) is 8.32. The summed E-state index contributed by atoms with van der Waals surface area (Å²) < 4.78 is 0. The molecule has 2 rings (SSSR count). The smallest absolute Gasteiger partial charge is 0.137 e. The van der Waals surface area contributed by atoms with Gasteiger partial charge in [-0.25, -0.2) is 4.98 Å². The molecule has 2 aromatic heterocycles. The van der Waals surface area contributed by atoms with Crippen LogP contribution in [0.2, 0.25) is 0 Å². The van der Waals surface area contributed by atoms with E-state index in [1.165, 1.54) is 0 Å². The zero-order valence-corrected chi connectivity index (χ0v) is 7.75. The van der Waals surface area contributed by atoms with Crippen molar-refractivity contribution in [2.75, 3.05) is 5.88 Å². The number of halogens is 1. The van der Waals surface area contributed by atoms with Crippen molar-refractivity contribution in [2.24, 2.45) is 0 Å². The van der Waals surface area contributed by atoms with Crippen LogP contribution in [0.3, 0.4) is 0 Å². The monoisotopic (exact) mass is 192 g/mol. The molecular weight excluding hydrogens is 184 g/mol. The standard InChI is InChI=1S/C10H9ClN2/c11-5-1-3-8-7-13-10-9(8)4-2-6-12-10/h1-4,6-7H,5H2,(H,12,13). The van der Waals surface area contributed by atoms with Gasteiger partial charge >= 0.3 is 0 Å². The van der Waals surface area contributed by atoms with Gasteiger partial charge in [0.2, 0.25) is 0 Å². The van der Waals surface area contributed by atoms with Crippen molar-refractivity contribution in [3.63, 3.8) is 0 Å². The summed E-state index contributed by atoms with van der Waals surface area (Å²) in [5, 5.41) is 1.13. The number of nitrogens with one attached hydrogen (secondary N) is 1. The molecule has 0 amide bonds. The van der Waals surface area contributed by atoms with Crippen LogP contribution in [0.4, 0.5) is 0 Å². The highest BCUT2D eigenvalue weighted by Gasteiger charge is 1.98. The molecule has 66 valence electrons. The average molecular weight is 193 g/mol. The van der Waals surface area contributed by atoms with Crippen molar-refractivity contribution >= 4 is 28.7 Å². The molecule has 0 aliphatic heterocycles. The first-order valence-electron chi connectivity index (χ1n) is 4.06. The largest absolute Gasteiger partial charge is 0.346 e. The number of hydrogen-bond donors (Lipinski definition) is 1. The summed E-state index contributed by atoms with van der Waals surface area (Å²) in [4.78, 5) is 7.28. The fourth-order valence-electron chi connectivity index (χ4n) is 1.29. The van der Waals surface area contributed by atoms with Gasteiger partial charge in [0.25, 0.3) is 0 Å². The van der Waals surface area contributed by atoms with Crippen LogP contribution in [0.1, 0.15) is 5.56 Å². The van der Waals surface area contributed by atoms with Crippen molar-refractivity contribution in [3.05, 3.63) is 36.2 Å². The van der Waals surface area contributed by atoms with Crippen LogP contribution in [0.25, 0.3) is 17.1 Å². The number of aromatic nitrogens is 2. The summed E-state index contributed by atoms with van der Waals surface area (Å²) in [7, 11) is 0. The third kappa shape index (κ3) is 1.58. The zero-order chi connectivity index (χ0) is 9.10. The quantitative estimate of drug-likeness (QED) is 0.729. The second kappa shape index (κ2) is 3.62. The predicted molar refractivity (Wildman–Crippen MR) is 55.8 cm³/mol. The molecule has 0 saturated heterocycles. The Kier molecular flexibility index (Phi) is 2.32. The summed E-state index contributed by atoms with van der Waals surface area (Å²) >= 11 is 5.56. The summed E-state index contributed by atoms with van der Waals surface area (Å²) in [6.45, 7) is 0. The highest BCUT2D eigenvalue weighted by molar-refractivity contribution is 6.19. The summed E-state index contributed by atoms with van der Waals surface area (Å²) in [6.07, 6.45) is 7.61. The molecule has 3 heteroatoms. The van der Waals surface area contributed by atoms with E-state index in [-0.39, 0.29) is 0 Å². The first-order valence-corrected chi connectivity index (χ1v) is 4.60. The number of aromatic amines is 1. The number of fused-ring (bicyclic) bond motifs is 1. The van der Waals surface area contributed by atoms with Gasteiger partial charge in [0, 0.05) is 29.2 Å². The maximum absolute atomic E-state index is 5.56. The Labute approximate surface area is 81.3 Å². The van der Waals surface area contributed by atoms with Gasteiger partial charge < -0.3 is 4.98 Å². The van der Waals surface area contributed by atoms with E-state index < -0.39 is 0 Å². The second-order valence-electron chi connectivity index (χ2n) is 2.70. The fraction of sp³-hybridized carbons (Fsp3) is 0.100. The first-order chi connectivity index (χ1) is 6.42. The van der Waals surface area contributed by atoms with E-state index in [0.29, 0.717) is 5.88 Å². The Hall–Kier alpha value is -1.28. The number of pyridine rings is 1. The molecule has 0 atom stereocenters. The number of hydrogen-bond acceptors (Lipinski definition) is 1. The van der Waals surface area contributed by atoms with Crippen LogP contribution in [-0.4, -0.2) is 15.8 Å². The topological polar surface area (TPSA) is 28.7 Å². The van der Waals surface area contributed by atoms with E-state index in [9.17, 15) is 0 Å². The van der Waals surface area contributed by atoms with Gasteiger partial charge in [0.05, 0.1) is 0 Å². The number of rotatable bonds is 2. The fourth-order valence-corrected chi connectivity index (χ4v) is 1.38. The Balaban J connectivity index is 2.52. The zero-order valence-electron chi connectivity index (χ0n) is 7.00. The molecule has 2 nitrogen and oxygen atoms in total. The third-order valence-electron chi connectivity index (χ3n) is 1.87. The predicted octanol–water partition coefficient (Wildman–Crippen LogP) is 2.81. The van der Waals surface area contributed by atoms with E-state index in [2.05, 4.69) is 9.97 Å². The van der Waals surface area contributed by atoms with Crippen LogP contribution < -0.4 is 0 Å². The van der Waals surface area contributed by atoms with Crippen LogP contribution in [0.15, 0.2) is 30.6 Å². The molecule has 2 aromatic rings. The van der Waals surface area contributed by atoms with Gasteiger partial charge in [-0.05, 0) is 12.1 Å². The molecule has 0 saturated carbocycles. The number of nitrogens with zero attached hydrogens (tertiary/aromatic N) is 1. The van der Waals surface area contributed by atoms with Gasteiger partial charge in [0.15, 0.2) is 0 Å². The Morgan fingerprint density at radius 2 is 2.46 bits per heavy atom. The van der Waals surface area contributed by atoms with Gasteiger partial charge in [-0.15, -0.1) is 11.6 Å². The van der Waals surface area contributed by atoms with Crippen molar-refractivity contribution in [3.8, 4) is 0 Å². The molecule has 0 spiro atoms. The molecule has 0 aliphatic carbocycles. The van der Waals surface area contributed by atoms with E-state index >= 15 is 0 Å². The SMILES string of the molecule is ClCC=Cc1c[nH]c2ncccc12. The van der Waals surface area contributed by atoms with Gasteiger partial charge in [-0.1, -0.05) is 12.2 Å². The minimum Gasteiger partial charge on any atom is -0.346 e. The molecule has 13 heavy (non-hydrogen) atoms. The lowest BCUT2D eigenvalue weighted by molar-refractivity contribution is 1.33. The average Bonchev–Trinajstić information content (AvgIpc) is 2.58. The minimum absolute atomic E-state index is 0.535. The van der Waals surface area contributed by atoms with Gasteiger partial charge in [0.1, 0.15) is 5.65 Å². The normalized spacial score (nSPS) is 11.5. The summed E-state index contributed by atoms with van der Waals surface area (Å²) in [6, 6.07) is 3.96.